The van der Waals surface area contributed by atoms with Crippen LogP contribution in [0.5, 0.6) is 5.88 Å². The van der Waals surface area contributed by atoms with Gasteiger partial charge in [-0.15, -0.1) is 0 Å². The van der Waals surface area contributed by atoms with Crippen molar-refractivity contribution in [3.05, 3.63) is 42.4 Å². The number of amides is 1. The van der Waals surface area contributed by atoms with Gasteiger partial charge in [-0.2, -0.15) is 5.10 Å². The molecule has 2 saturated heterocycles. The molecule has 0 aliphatic carbocycles. The lowest BCUT2D eigenvalue weighted by atomic mass is 9.89. The molecule has 1 N–H and O–H groups in total. The summed E-state index contributed by atoms with van der Waals surface area (Å²) in [5.74, 6) is 1.11. The Bertz CT molecular complexity index is 739. The zero-order valence-electron chi connectivity index (χ0n) is 15.0. The van der Waals surface area contributed by atoms with Crippen molar-refractivity contribution in [3.8, 4) is 5.88 Å². The average Bonchev–Trinajstić information content (AvgIpc) is 3.31. The maximum atomic E-state index is 13.1. The van der Waals surface area contributed by atoms with Crippen LogP contribution in [0, 0.1) is 5.92 Å². The number of rotatable bonds is 4. The van der Waals surface area contributed by atoms with Gasteiger partial charge in [0.1, 0.15) is 6.10 Å². The van der Waals surface area contributed by atoms with Crippen LogP contribution in [-0.2, 0) is 11.8 Å². The first-order valence-corrected chi connectivity index (χ1v) is 9.26. The van der Waals surface area contributed by atoms with E-state index in [0.717, 1.165) is 44.6 Å². The Balaban J connectivity index is 1.34. The first-order valence-electron chi connectivity index (χ1n) is 9.26. The fraction of sp³-hybridized carbons (Fsp3) is 0.526. The molecule has 4 rings (SSSR count). The molecule has 7 heteroatoms. The number of nitrogens with one attached hydrogen (secondary N) is 1. The number of pyridine rings is 1. The van der Waals surface area contributed by atoms with Crippen LogP contribution in [-0.4, -0.2) is 57.9 Å². The van der Waals surface area contributed by atoms with E-state index in [1.54, 1.807) is 10.9 Å². The second-order valence-corrected chi connectivity index (χ2v) is 7.13. The topological polar surface area (TPSA) is 72.3 Å². The first-order chi connectivity index (χ1) is 12.7. The van der Waals surface area contributed by atoms with Crippen molar-refractivity contribution < 1.29 is 9.53 Å². The highest BCUT2D eigenvalue weighted by Crippen LogP contribution is 2.30. The van der Waals surface area contributed by atoms with E-state index in [9.17, 15) is 4.79 Å². The number of aromatic nitrogens is 3. The zero-order valence-corrected chi connectivity index (χ0v) is 15.0. The number of likely N-dealkylation sites (tertiary alicyclic amines) is 1. The molecule has 2 aliphatic heterocycles. The summed E-state index contributed by atoms with van der Waals surface area (Å²) in [6, 6.07) is 5.68. The summed E-state index contributed by atoms with van der Waals surface area (Å²) in [6.07, 6.45) is 7.46. The number of hydrogen-bond acceptors (Lipinski definition) is 5. The van der Waals surface area contributed by atoms with Crippen LogP contribution in [0.4, 0.5) is 0 Å². The molecule has 26 heavy (non-hydrogen) atoms. The molecule has 0 bridgehead atoms. The minimum atomic E-state index is -0.00698. The molecule has 0 saturated carbocycles. The minimum absolute atomic E-state index is 0.00698. The van der Waals surface area contributed by atoms with Gasteiger partial charge in [-0.1, -0.05) is 6.07 Å². The van der Waals surface area contributed by atoms with E-state index in [4.69, 9.17) is 4.74 Å². The number of ether oxygens (including phenoxy) is 1. The third kappa shape index (κ3) is 3.58. The van der Waals surface area contributed by atoms with Crippen LogP contribution in [0.1, 0.15) is 24.3 Å². The Kier molecular flexibility index (Phi) is 4.88. The molecule has 1 amide bonds. The van der Waals surface area contributed by atoms with E-state index in [0.29, 0.717) is 5.88 Å². The highest BCUT2D eigenvalue weighted by Gasteiger charge is 2.38. The molecule has 2 aliphatic rings. The molecule has 2 fully saturated rings. The van der Waals surface area contributed by atoms with E-state index in [1.165, 1.54) is 0 Å². The number of piperidine rings is 1. The molecule has 2 aromatic rings. The van der Waals surface area contributed by atoms with Crippen LogP contribution in [0.3, 0.4) is 0 Å². The van der Waals surface area contributed by atoms with Crippen LogP contribution in [0.15, 0.2) is 36.8 Å². The predicted octanol–water partition coefficient (Wildman–Crippen LogP) is 1.19. The Morgan fingerprint density at radius 1 is 1.27 bits per heavy atom. The van der Waals surface area contributed by atoms with Crippen molar-refractivity contribution in [2.75, 3.05) is 26.2 Å². The highest BCUT2D eigenvalue weighted by atomic mass is 16.5. The Labute approximate surface area is 153 Å². The maximum absolute atomic E-state index is 13.1. The van der Waals surface area contributed by atoms with Gasteiger partial charge in [-0.3, -0.25) is 9.48 Å². The standard InChI is InChI=1S/C19H25N5O2/c1-23-13-14(10-22-23)16-11-20-12-17(16)19(25)24-8-5-15(6-9-24)26-18-4-2-3-7-21-18/h2-4,7,10,13,15-17,20H,5-6,8-9,11-12H2,1H3/t16-,17+/m1/s1. The Morgan fingerprint density at radius 2 is 2.12 bits per heavy atom. The van der Waals surface area contributed by atoms with Crippen molar-refractivity contribution in [1.82, 2.24) is 25.0 Å². The lowest BCUT2D eigenvalue weighted by Gasteiger charge is -2.34. The molecule has 4 heterocycles. The van der Waals surface area contributed by atoms with Gasteiger partial charge in [0.05, 0.1) is 12.1 Å². The summed E-state index contributed by atoms with van der Waals surface area (Å²) in [5.41, 5.74) is 1.14. The Morgan fingerprint density at radius 3 is 2.81 bits per heavy atom. The summed E-state index contributed by atoms with van der Waals surface area (Å²) in [5, 5.41) is 7.63. The van der Waals surface area contributed by atoms with Gasteiger partial charge in [0.25, 0.3) is 0 Å². The number of carbonyl (C=O) groups excluding carboxylic acids is 1. The number of carbonyl (C=O) groups is 1. The fourth-order valence-electron chi connectivity index (χ4n) is 3.94. The van der Waals surface area contributed by atoms with Crippen LogP contribution >= 0.6 is 0 Å². The SMILES string of the molecule is Cn1cc([C@H]2CNC[C@@H]2C(=O)N2CCC(Oc3ccccn3)CC2)cn1. The van der Waals surface area contributed by atoms with E-state index in [-0.39, 0.29) is 23.8 Å². The molecule has 0 radical (unpaired) electrons. The molecule has 138 valence electrons. The fourth-order valence-corrected chi connectivity index (χ4v) is 3.94. The number of aryl methyl sites for hydroxylation is 1. The smallest absolute Gasteiger partial charge is 0.227 e. The minimum Gasteiger partial charge on any atom is -0.474 e. The van der Waals surface area contributed by atoms with Gasteiger partial charge in [-0.25, -0.2) is 4.98 Å². The highest BCUT2D eigenvalue weighted by molar-refractivity contribution is 5.80. The van der Waals surface area contributed by atoms with Crippen LogP contribution < -0.4 is 10.1 Å². The van der Waals surface area contributed by atoms with E-state index in [1.807, 2.05) is 42.5 Å². The Hall–Kier alpha value is -2.41. The second kappa shape index (κ2) is 7.45. The third-order valence-corrected chi connectivity index (χ3v) is 5.36. The van der Waals surface area contributed by atoms with Gasteiger partial charge < -0.3 is 15.0 Å². The molecule has 0 aromatic carbocycles. The van der Waals surface area contributed by atoms with Gasteiger partial charge >= 0.3 is 0 Å². The number of nitrogens with zero attached hydrogens (tertiary/aromatic N) is 4. The zero-order chi connectivity index (χ0) is 17.9. The van der Waals surface area contributed by atoms with Crippen LogP contribution in [0.2, 0.25) is 0 Å². The van der Waals surface area contributed by atoms with Gasteiger partial charge in [0.15, 0.2) is 0 Å². The normalized spacial score (nSPS) is 24.0. The summed E-state index contributed by atoms with van der Waals surface area (Å²) < 4.78 is 7.73. The average molecular weight is 355 g/mol. The molecule has 0 unspecified atom stereocenters. The van der Waals surface area contributed by atoms with Crippen molar-refractivity contribution >= 4 is 5.91 Å². The van der Waals surface area contributed by atoms with E-state index in [2.05, 4.69) is 15.4 Å². The molecule has 2 atom stereocenters. The van der Waals surface area contributed by atoms with Crippen molar-refractivity contribution in [1.29, 1.82) is 0 Å². The molecule has 7 nitrogen and oxygen atoms in total. The van der Waals surface area contributed by atoms with Gasteiger partial charge in [-0.05, 0) is 11.6 Å². The van der Waals surface area contributed by atoms with Crippen LogP contribution in [0.25, 0.3) is 0 Å². The summed E-state index contributed by atoms with van der Waals surface area (Å²) in [7, 11) is 1.91. The van der Waals surface area contributed by atoms with Crippen molar-refractivity contribution in [3.63, 3.8) is 0 Å². The third-order valence-electron chi connectivity index (χ3n) is 5.36. The van der Waals surface area contributed by atoms with E-state index >= 15 is 0 Å². The second-order valence-electron chi connectivity index (χ2n) is 7.13. The molecule has 2 aromatic heterocycles. The summed E-state index contributed by atoms with van der Waals surface area (Å²) >= 11 is 0. The monoisotopic (exact) mass is 355 g/mol. The molecular formula is C19H25N5O2. The lowest BCUT2D eigenvalue weighted by Crippen LogP contribution is -2.45. The lowest BCUT2D eigenvalue weighted by molar-refractivity contribution is -0.137. The summed E-state index contributed by atoms with van der Waals surface area (Å²) in [4.78, 5) is 19.3. The quantitative estimate of drug-likeness (QED) is 0.892. The van der Waals surface area contributed by atoms with Gasteiger partial charge in [0.2, 0.25) is 11.8 Å². The van der Waals surface area contributed by atoms with Gasteiger partial charge in [0, 0.05) is 70.4 Å². The maximum Gasteiger partial charge on any atom is 0.227 e. The summed E-state index contributed by atoms with van der Waals surface area (Å²) in [6.45, 7) is 3.06. The predicted molar refractivity (Wildman–Crippen MR) is 96.8 cm³/mol. The largest absolute Gasteiger partial charge is 0.474 e. The van der Waals surface area contributed by atoms with Crippen molar-refractivity contribution in [2.45, 2.75) is 24.9 Å². The van der Waals surface area contributed by atoms with E-state index < -0.39 is 0 Å². The van der Waals surface area contributed by atoms with Crippen molar-refractivity contribution in [2.24, 2.45) is 13.0 Å². The number of hydrogen-bond donors (Lipinski definition) is 1. The molecular weight excluding hydrogens is 330 g/mol. The molecule has 0 spiro atoms. The first kappa shape index (κ1) is 17.0.